The lowest BCUT2D eigenvalue weighted by molar-refractivity contribution is 0.176. The van der Waals surface area contributed by atoms with E-state index < -0.39 is 10.0 Å². The highest BCUT2D eigenvalue weighted by Crippen LogP contribution is 2.36. The van der Waals surface area contributed by atoms with Gasteiger partial charge in [0.15, 0.2) is 0 Å². The maximum absolute atomic E-state index is 12.6. The summed E-state index contributed by atoms with van der Waals surface area (Å²) in [6, 6.07) is 1.59. The van der Waals surface area contributed by atoms with Crippen molar-refractivity contribution in [2.45, 2.75) is 30.0 Å². The second-order valence-corrected chi connectivity index (χ2v) is 9.88. The Balaban J connectivity index is 2.13. The fraction of sp³-hybridized carbons (Fsp3) is 0.667. The minimum Gasteiger partial charge on any atom is -0.303 e. The SMILES string of the molecule is CCN1CCC(N(C)S(=O)(=O)c2cc(Cl)c(Br)s2)CC1. The normalized spacial score (nSPS) is 18.9. The lowest BCUT2D eigenvalue weighted by Gasteiger charge is -2.35. The van der Waals surface area contributed by atoms with Gasteiger partial charge in [0.2, 0.25) is 0 Å². The zero-order valence-corrected chi connectivity index (χ0v) is 15.4. The van der Waals surface area contributed by atoms with Crippen LogP contribution in [0, 0.1) is 0 Å². The van der Waals surface area contributed by atoms with Gasteiger partial charge in [-0.25, -0.2) is 8.42 Å². The largest absolute Gasteiger partial charge is 0.303 e. The lowest BCUT2D eigenvalue weighted by Crippen LogP contribution is -2.45. The summed E-state index contributed by atoms with van der Waals surface area (Å²) in [6.45, 7) is 5.06. The van der Waals surface area contributed by atoms with Gasteiger partial charge in [-0.2, -0.15) is 4.31 Å². The summed E-state index contributed by atoms with van der Waals surface area (Å²) in [5.74, 6) is 0. The van der Waals surface area contributed by atoms with Crippen LogP contribution >= 0.6 is 38.9 Å². The zero-order valence-electron chi connectivity index (χ0n) is 11.5. The third-order valence-electron chi connectivity index (χ3n) is 3.77. The van der Waals surface area contributed by atoms with Gasteiger partial charge in [0.25, 0.3) is 10.0 Å². The van der Waals surface area contributed by atoms with Gasteiger partial charge < -0.3 is 4.90 Å². The third-order valence-corrected chi connectivity index (χ3v) is 8.61. The van der Waals surface area contributed by atoms with Crippen LogP contribution in [0.2, 0.25) is 5.02 Å². The average Bonchev–Trinajstić information content (AvgIpc) is 2.78. The quantitative estimate of drug-likeness (QED) is 0.777. The number of halogens is 2. The van der Waals surface area contributed by atoms with Gasteiger partial charge in [-0.05, 0) is 54.5 Å². The third kappa shape index (κ3) is 3.39. The minimum atomic E-state index is -3.45. The van der Waals surface area contributed by atoms with Crippen LogP contribution in [0.15, 0.2) is 14.1 Å². The monoisotopic (exact) mass is 400 g/mol. The maximum Gasteiger partial charge on any atom is 0.252 e. The van der Waals surface area contributed by atoms with Gasteiger partial charge in [0.1, 0.15) is 4.21 Å². The molecule has 0 atom stereocenters. The lowest BCUT2D eigenvalue weighted by atomic mass is 10.1. The van der Waals surface area contributed by atoms with Crippen LogP contribution in [0.1, 0.15) is 19.8 Å². The van der Waals surface area contributed by atoms with E-state index in [0.29, 0.717) is 13.0 Å². The van der Waals surface area contributed by atoms with Gasteiger partial charge in [-0.3, -0.25) is 0 Å². The molecule has 0 bridgehead atoms. The smallest absolute Gasteiger partial charge is 0.252 e. The summed E-state index contributed by atoms with van der Waals surface area (Å²) in [5.41, 5.74) is 0. The van der Waals surface area contributed by atoms with E-state index in [0.717, 1.165) is 43.8 Å². The van der Waals surface area contributed by atoms with Crippen LogP contribution in [-0.4, -0.2) is 50.3 Å². The molecule has 8 heteroatoms. The van der Waals surface area contributed by atoms with E-state index in [1.807, 2.05) is 0 Å². The van der Waals surface area contributed by atoms with Gasteiger partial charge >= 0.3 is 0 Å². The van der Waals surface area contributed by atoms with Gasteiger partial charge in [0, 0.05) is 13.1 Å². The van der Waals surface area contributed by atoms with E-state index in [4.69, 9.17) is 11.6 Å². The predicted molar refractivity (Wildman–Crippen MR) is 87.1 cm³/mol. The van der Waals surface area contributed by atoms with Crippen LogP contribution < -0.4 is 0 Å². The molecule has 114 valence electrons. The van der Waals surface area contributed by atoms with Crippen LogP contribution in [0.5, 0.6) is 0 Å². The second-order valence-electron chi connectivity index (χ2n) is 4.87. The van der Waals surface area contributed by atoms with E-state index in [1.165, 1.54) is 10.4 Å². The summed E-state index contributed by atoms with van der Waals surface area (Å²) >= 11 is 10.4. The first kappa shape index (κ1) is 16.7. The van der Waals surface area contributed by atoms with Crippen molar-refractivity contribution >= 4 is 48.9 Å². The average molecular weight is 402 g/mol. The van der Waals surface area contributed by atoms with E-state index in [1.54, 1.807) is 7.05 Å². The van der Waals surface area contributed by atoms with Crippen molar-refractivity contribution in [3.05, 3.63) is 14.9 Å². The number of hydrogen-bond donors (Lipinski definition) is 0. The number of hydrogen-bond acceptors (Lipinski definition) is 4. The molecule has 0 unspecified atom stereocenters. The number of rotatable bonds is 4. The molecular formula is C12H18BrClN2O2S2. The number of nitrogens with zero attached hydrogens (tertiary/aromatic N) is 2. The molecule has 1 aromatic rings. The van der Waals surface area contributed by atoms with Crippen molar-refractivity contribution in [3.8, 4) is 0 Å². The topological polar surface area (TPSA) is 40.6 Å². The molecule has 1 aromatic heterocycles. The van der Waals surface area contributed by atoms with E-state index in [-0.39, 0.29) is 6.04 Å². The minimum absolute atomic E-state index is 0.0717. The molecule has 1 saturated heterocycles. The molecule has 1 aliphatic heterocycles. The molecule has 20 heavy (non-hydrogen) atoms. The fourth-order valence-electron chi connectivity index (χ4n) is 2.39. The molecule has 2 heterocycles. The van der Waals surface area contributed by atoms with E-state index >= 15 is 0 Å². The molecule has 2 rings (SSSR count). The number of likely N-dealkylation sites (tertiary alicyclic amines) is 1. The van der Waals surface area contributed by atoms with Gasteiger partial charge in [0.05, 0.1) is 8.81 Å². The second kappa shape index (κ2) is 6.62. The Morgan fingerprint density at radius 1 is 1.50 bits per heavy atom. The molecule has 0 spiro atoms. The molecule has 0 aromatic carbocycles. The molecule has 0 radical (unpaired) electrons. The van der Waals surface area contributed by atoms with Crippen molar-refractivity contribution < 1.29 is 8.42 Å². The molecule has 0 saturated carbocycles. The van der Waals surface area contributed by atoms with E-state index in [9.17, 15) is 8.42 Å². The Labute approximate surface area is 137 Å². The molecule has 1 fully saturated rings. The first-order chi connectivity index (χ1) is 9.36. The Bertz CT molecular complexity index is 549. The van der Waals surface area contributed by atoms with Crippen molar-refractivity contribution in [3.63, 3.8) is 0 Å². The van der Waals surface area contributed by atoms with Crippen LogP contribution in [-0.2, 0) is 10.0 Å². The van der Waals surface area contributed by atoms with Crippen molar-refractivity contribution in [1.29, 1.82) is 0 Å². The number of sulfonamides is 1. The highest BCUT2D eigenvalue weighted by atomic mass is 79.9. The first-order valence-corrected chi connectivity index (χ1v) is 9.94. The Hall–Kier alpha value is 0.340. The van der Waals surface area contributed by atoms with Crippen LogP contribution in [0.25, 0.3) is 0 Å². The first-order valence-electron chi connectivity index (χ1n) is 6.51. The highest BCUT2D eigenvalue weighted by Gasteiger charge is 2.32. The molecule has 1 aliphatic rings. The van der Waals surface area contributed by atoms with Crippen LogP contribution in [0.3, 0.4) is 0 Å². The van der Waals surface area contributed by atoms with Crippen molar-refractivity contribution in [1.82, 2.24) is 9.21 Å². The highest BCUT2D eigenvalue weighted by molar-refractivity contribution is 9.11. The Morgan fingerprint density at radius 2 is 2.10 bits per heavy atom. The Morgan fingerprint density at radius 3 is 2.55 bits per heavy atom. The van der Waals surface area contributed by atoms with Crippen LogP contribution in [0.4, 0.5) is 0 Å². The summed E-state index contributed by atoms with van der Waals surface area (Å²) in [4.78, 5) is 2.34. The van der Waals surface area contributed by atoms with Gasteiger partial charge in [-0.1, -0.05) is 18.5 Å². The predicted octanol–water partition coefficient (Wildman–Crippen LogP) is 3.27. The van der Waals surface area contributed by atoms with Crippen molar-refractivity contribution in [2.24, 2.45) is 0 Å². The van der Waals surface area contributed by atoms with Gasteiger partial charge in [-0.15, -0.1) is 11.3 Å². The number of thiophene rings is 1. The molecule has 4 nitrogen and oxygen atoms in total. The summed E-state index contributed by atoms with van der Waals surface area (Å²) in [6.07, 6.45) is 1.76. The standard InChI is InChI=1S/C12H18BrClN2O2S2/c1-3-16-6-4-9(5-7-16)15(2)20(17,18)11-8-10(14)12(13)19-11/h8-9H,3-7H2,1-2H3. The van der Waals surface area contributed by atoms with E-state index in [2.05, 4.69) is 27.8 Å². The summed E-state index contributed by atoms with van der Waals surface area (Å²) < 4.78 is 27.7. The zero-order chi connectivity index (χ0) is 14.9. The molecule has 0 N–H and O–H groups in total. The fourth-order valence-corrected chi connectivity index (χ4v) is 6.39. The maximum atomic E-state index is 12.6. The molecular weight excluding hydrogens is 384 g/mol. The van der Waals surface area contributed by atoms with Crippen molar-refractivity contribution in [2.75, 3.05) is 26.7 Å². The summed E-state index contributed by atoms with van der Waals surface area (Å²) in [7, 11) is -1.78. The molecule has 0 aliphatic carbocycles. The number of piperidine rings is 1. The molecule has 0 amide bonds. The summed E-state index contributed by atoms with van der Waals surface area (Å²) in [5, 5.41) is 0.447. The Kier molecular flexibility index (Phi) is 5.53.